The zero-order valence-electron chi connectivity index (χ0n) is 17.2. The van der Waals surface area contributed by atoms with Crippen molar-refractivity contribution in [2.75, 3.05) is 18.4 Å². The molecule has 4 nitrogen and oxygen atoms in total. The van der Waals surface area contributed by atoms with Crippen LogP contribution in [0.4, 0.5) is 10.5 Å². The number of hydrogen-bond acceptors (Lipinski definition) is 3. The van der Waals surface area contributed by atoms with Crippen molar-refractivity contribution in [2.45, 2.75) is 31.9 Å². The summed E-state index contributed by atoms with van der Waals surface area (Å²) < 4.78 is 5.72. The number of hydrogen-bond donors (Lipinski definition) is 1. The molecule has 0 unspecified atom stereocenters. The lowest BCUT2D eigenvalue weighted by Gasteiger charge is -2.31. The van der Waals surface area contributed by atoms with Gasteiger partial charge in [-0.3, -0.25) is 10.2 Å². The molecule has 0 spiro atoms. The molecule has 0 radical (unpaired) electrons. The summed E-state index contributed by atoms with van der Waals surface area (Å²) in [6, 6.07) is 28.7. The first-order valence-electron chi connectivity index (χ1n) is 10.6. The van der Waals surface area contributed by atoms with Crippen LogP contribution in [-0.4, -0.2) is 30.2 Å². The van der Waals surface area contributed by atoms with Gasteiger partial charge in [0.05, 0.1) is 0 Å². The minimum atomic E-state index is -0.364. The summed E-state index contributed by atoms with van der Waals surface area (Å²) in [5.74, 6) is 0. The molecule has 0 bridgehead atoms. The van der Waals surface area contributed by atoms with E-state index in [0.717, 1.165) is 50.1 Å². The second-order valence-electron chi connectivity index (χ2n) is 7.81. The van der Waals surface area contributed by atoms with Crippen molar-refractivity contribution in [3.05, 3.63) is 102 Å². The molecule has 1 N–H and O–H groups in total. The van der Waals surface area contributed by atoms with E-state index >= 15 is 0 Å². The van der Waals surface area contributed by atoms with Gasteiger partial charge in [0.1, 0.15) is 6.10 Å². The number of ether oxygens (including phenoxy) is 1. The maximum absolute atomic E-state index is 12.5. The monoisotopic (exact) mass is 400 g/mol. The van der Waals surface area contributed by atoms with Gasteiger partial charge in [-0.15, -0.1) is 0 Å². The van der Waals surface area contributed by atoms with E-state index in [9.17, 15) is 4.79 Å². The number of anilines is 1. The largest absolute Gasteiger partial charge is 0.446 e. The quantitative estimate of drug-likeness (QED) is 0.595. The molecule has 1 aliphatic heterocycles. The zero-order chi connectivity index (χ0) is 20.6. The molecular formula is C26H28N2O2. The summed E-state index contributed by atoms with van der Waals surface area (Å²) in [6.07, 6.45) is 2.11. The van der Waals surface area contributed by atoms with Crippen molar-refractivity contribution >= 4 is 11.8 Å². The molecule has 0 atom stereocenters. The molecule has 1 amide bonds. The van der Waals surface area contributed by atoms with Crippen LogP contribution in [0.2, 0.25) is 0 Å². The van der Waals surface area contributed by atoms with Gasteiger partial charge in [-0.2, -0.15) is 0 Å². The molecule has 1 heterocycles. The van der Waals surface area contributed by atoms with Crippen molar-refractivity contribution in [3.63, 3.8) is 0 Å². The molecule has 30 heavy (non-hydrogen) atoms. The van der Waals surface area contributed by atoms with Crippen molar-refractivity contribution in [1.82, 2.24) is 4.90 Å². The number of rotatable bonds is 6. The van der Waals surface area contributed by atoms with Crippen molar-refractivity contribution < 1.29 is 9.53 Å². The number of amides is 1. The zero-order valence-corrected chi connectivity index (χ0v) is 17.2. The molecule has 3 aromatic carbocycles. The fraction of sp³-hybridized carbons (Fsp3) is 0.269. The van der Waals surface area contributed by atoms with Gasteiger partial charge in [-0.25, -0.2) is 4.79 Å². The fourth-order valence-corrected chi connectivity index (χ4v) is 3.93. The third kappa shape index (κ3) is 5.71. The van der Waals surface area contributed by atoms with Crippen LogP contribution in [0.25, 0.3) is 0 Å². The van der Waals surface area contributed by atoms with Crippen LogP contribution in [0.3, 0.4) is 0 Å². The maximum Gasteiger partial charge on any atom is 0.411 e. The number of piperidine rings is 1. The van der Waals surface area contributed by atoms with Crippen molar-refractivity contribution in [1.29, 1.82) is 0 Å². The van der Waals surface area contributed by atoms with E-state index < -0.39 is 0 Å². The van der Waals surface area contributed by atoms with Crippen molar-refractivity contribution in [3.8, 4) is 0 Å². The van der Waals surface area contributed by atoms with E-state index in [0.29, 0.717) is 0 Å². The number of nitrogens with zero attached hydrogens (tertiary/aromatic N) is 1. The Morgan fingerprint density at radius 2 is 1.43 bits per heavy atom. The van der Waals surface area contributed by atoms with E-state index in [-0.39, 0.29) is 12.2 Å². The van der Waals surface area contributed by atoms with E-state index in [1.165, 1.54) is 11.1 Å². The number of benzene rings is 3. The molecule has 1 aliphatic rings. The SMILES string of the molecule is O=C(Nc1ccccc1Cc1ccccc1)OC1CCN(Cc2ccccc2)CC1. The molecule has 0 aliphatic carbocycles. The second kappa shape index (κ2) is 10.1. The average Bonchev–Trinajstić information content (AvgIpc) is 2.78. The van der Waals surface area contributed by atoms with Crippen molar-refractivity contribution in [2.24, 2.45) is 0 Å². The summed E-state index contributed by atoms with van der Waals surface area (Å²) in [4.78, 5) is 14.9. The van der Waals surface area contributed by atoms with Crippen LogP contribution >= 0.6 is 0 Å². The Hall–Kier alpha value is -3.11. The van der Waals surface area contributed by atoms with E-state index in [1.54, 1.807) is 0 Å². The van der Waals surface area contributed by atoms with Gasteiger partial charge in [0.2, 0.25) is 0 Å². The lowest BCUT2D eigenvalue weighted by atomic mass is 10.0. The lowest BCUT2D eigenvalue weighted by molar-refractivity contribution is 0.0567. The molecule has 1 fully saturated rings. The number of carbonyl (C=O) groups is 1. The third-order valence-electron chi connectivity index (χ3n) is 5.55. The Kier molecular flexibility index (Phi) is 6.78. The topological polar surface area (TPSA) is 41.6 Å². The van der Waals surface area contributed by atoms with Crippen LogP contribution in [0, 0.1) is 0 Å². The van der Waals surface area contributed by atoms with Crippen LogP contribution in [0.5, 0.6) is 0 Å². The van der Waals surface area contributed by atoms with Gasteiger partial charge < -0.3 is 4.74 Å². The van der Waals surface area contributed by atoms with E-state index in [1.807, 2.05) is 48.5 Å². The van der Waals surface area contributed by atoms with Gasteiger partial charge in [0.25, 0.3) is 0 Å². The van der Waals surface area contributed by atoms with Crippen LogP contribution < -0.4 is 5.32 Å². The summed E-state index contributed by atoms with van der Waals surface area (Å²) in [7, 11) is 0. The van der Waals surface area contributed by atoms with Crippen LogP contribution in [0.15, 0.2) is 84.9 Å². The normalized spacial score (nSPS) is 14.9. The predicted octanol–water partition coefficient (Wildman–Crippen LogP) is 5.49. The molecule has 0 aromatic heterocycles. The summed E-state index contributed by atoms with van der Waals surface area (Å²) in [6.45, 7) is 2.83. The molecular weight excluding hydrogens is 372 g/mol. The van der Waals surface area contributed by atoms with Gasteiger partial charge in [0.15, 0.2) is 0 Å². The smallest absolute Gasteiger partial charge is 0.411 e. The molecule has 4 rings (SSSR count). The second-order valence-corrected chi connectivity index (χ2v) is 7.81. The van der Waals surface area contributed by atoms with E-state index in [4.69, 9.17) is 4.74 Å². The van der Waals surface area contributed by atoms with Gasteiger partial charge in [0, 0.05) is 25.3 Å². The average molecular weight is 401 g/mol. The Morgan fingerprint density at radius 1 is 0.833 bits per heavy atom. The number of likely N-dealkylation sites (tertiary alicyclic amines) is 1. The standard InChI is InChI=1S/C26H28N2O2/c29-26(27-25-14-8-7-13-23(25)19-21-9-3-1-4-10-21)30-24-15-17-28(18-16-24)20-22-11-5-2-6-12-22/h1-14,24H,15-20H2,(H,27,29). The number of carbonyl (C=O) groups excluding carboxylic acids is 1. The van der Waals surface area contributed by atoms with Gasteiger partial charge in [-0.05, 0) is 42.0 Å². The molecule has 154 valence electrons. The first-order chi connectivity index (χ1) is 14.8. The van der Waals surface area contributed by atoms with Gasteiger partial charge in [-0.1, -0.05) is 78.9 Å². The molecule has 3 aromatic rings. The highest BCUT2D eigenvalue weighted by Crippen LogP contribution is 2.21. The van der Waals surface area contributed by atoms with Gasteiger partial charge >= 0.3 is 6.09 Å². The maximum atomic E-state index is 12.5. The Labute approximate surface area is 178 Å². The Balaban J connectivity index is 1.27. The first-order valence-corrected chi connectivity index (χ1v) is 10.6. The third-order valence-corrected chi connectivity index (χ3v) is 5.55. The summed E-state index contributed by atoms with van der Waals surface area (Å²) >= 11 is 0. The molecule has 1 saturated heterocycles. The highest BCUT2D eigenvalue weighted by Gasteiger charge is 2.22. The van der Waals surface area contributed by atoms with Crippen LogP contribution in [-0.2, 0) is 17.7 Å². The molecule has 0 saturated carbocycles. The fourth-order valence-electron chi connectivity index (χ4n) is 3.93. The Morgan fingerprint density at radius 3 is 2.13 bits per heavy atom. The first kappa shape index (κ1) is 20.2. The number of para-hydroxylation sites is 1. The lowest BCUT2D eigenvalue weighted by Crippen LogP contribution is -2.38. The number of nitrogens with one attached hydrogen (secondary N) is 1. The van der Waals surface area contributed by atoms with E-state index in [2.05, 4.69) is 46.6 Å². The predicted molar refractivity (Wildman–Crippen MR) is 121 cm³/mol. The molecule has 4 heteroatoms. The van der Waals surface area contributed by atoms with Crippen LogP contribution in [0.1, 0.15) is 29.5 Å². The highest BCUT2D eigenvalue weighted by atomic mass is 16.6. The minimum Gasteiger partial charge on any atom is -0.446 e. The highest BCUT2D eigenvalue weighted by molar-refractivity contribution is 5.85. The summed E-state index contributed by atoms with van der Waals surface area (Å²) in [5, 5.41) is 2.95. The Bertz CT molecular complexity index is 936. The summed E-state index contributed by atoms with van der Waals surface area (Å²) in [5.41, 5.74) is 4.43. The minimum absolute atomic E-state index is 0.0293.